The molecule has 35 heavy (non-hydrogen) atoms. The van der Waals surface area contributed by atoms with Crippen LogP contribution in [-0.4, -0.2) is 26.9 Å². The maximum Gasteiger partial charge on any atom is 0.262 e. The summed E-state index contributed by atoms with van der Waals surface area (Å²) in [5.74, 6) is -3.58. The van der Waals surface area contributed by atoms with E-state index in [1.165, 1.54) is 20.2 Å². The maximum absolute atomic E-state index is 14.7. The van der Waals surface area contributed by atoms with Crippen molar-refractivity contribution in [1.82, 2.24) is 14.8 Å². The van der Waals surface area contributed by atoms with Crippen LogP contribution in [0.15, 0.2) is 66.1 Å². The lowest BCUT2D eigenvalue weighted by molar-refractivity contribution is 0.102. The molecule has 0 saturated carbocycles. The number of nitrogens with zero attached hydrogens (tertiary/aromatic N) is 4. The molecule has 2 aromatic carbocycles. The van der Waals surface area contributed by atoms with Gasteiger partial charge < -0.3 is 10.2 Å². The number of anilines is 1. The summed E-state index contributed by atoms with van der Waals surface area (Å²) < 4.78 is 43.9. The van der Waals surface area contributed by atoms with Crippen LogP contribution in [0, 0.1) is 24.5 Å². The molecule has 0 bridgehead atoms. The number of carbonyl (C=O) groups excluding carboxylic acids is 1. The lowest BCUT2D eigenvalue weighted by Crippen LogP contribution is -2.16. The minimum absolute atomic E-state index is 0.0928. The topological polar surface area (TPSA) is 81.4 Å². The van der Waals surface area contributed by atoms with Crippen molar-refractivity contribution in [3.8, 4) is 11.1 Å². The Morgan fingerprint density at radius 2 is 1.83 bits per heavy atom. The van der Waals surface area contributed by atoms with Crippen LogP contribution in [-0.2, 0) is 18.5 Å². The molecule has 0 aliphatic rings. The summed E-state index contributed by atoms with van der Waals surface area (Å²) in [6, 6.07) is 11.9. The number of rotatable bonds is 7. The van der Waals surface area contributed by atoms with Gasteiger partial charge in [0.25, 0.3) is 5.91 Å². The van der Waals surface area contributed by atoms with Gasteiger partial charge in [0, 0.05) is 31.1 Å². The van der Waals surface area contributed by atoms with Crippen molar-refractivity contribution in [3.05, 3.63) is 101 Å². The van der Waals surface area contributed by atoms with Crippen molar-refractivity contribution in [2.24, 2.45) is 12.2 Å². The first-order chi connectivity index (χ1) is 16.8. The van der Waals surface area contributed by atoms with Crippen molar-refractivity contribution in [1.29, 1.82) is 0 Å². The summed E-state index contributed by atoms with van der Waals surface area (Å²) in [6.45, 7) is 1.74. The predicted molar refractivity (Wildman–Crippen MR) is 124 cm³/mol. The van der Waals surface area contributed by atoms with Crippen molar-refractivity contribution in [3.63, 3.8) is 0 Å². The van der Waals surface area contributed by atoms with Gasteiger partial charge in [0.15, 0.2) is 0 Å². The molecule has 0 unspecified atom stereocenters. The molecular weight excluding hydrogens is 459 g/mol. The van der Waals surface area contributed by atoms with Gasteiger partial charge in [0.05, 0.1) is 17.6 Å². The van der Waals surface area contributed by atoms with Gasteiger partial charge in [0.2, 0.25) is 5.95 Å². The molecule has 1 N–H and O–H groups in total. The molecular formula is C25H20F3N5O2. The zero-order valence-corrected chi connectivity index (χ0v) is 18.8. The van der Waals surface area contributed by atoms with Crippen molar-refractivity contribution < 1.29 is 22.8 Å². The number of hydrogen-bond acceptors (Lipinski definition) is 5. The molecule has 0 aliphatic carbocycles. The van der Waals surface area contributed by atoms with E-state index >= 15 is 0 Å². The molecule has 2 heterocycles. The lowest BCUT2D eigenvalue weighted by atomic mass is 10.0. The van der Waals surface area contributed by atoms with Gasteiger partial charge >= 0.3 is 0 Å². The van der Waals surface area contributed by atoms with Crippen LogP contribution in [0.4, 0.5) is 18.9 Å². The fourth-order valence-corrected chi connectivity index (χ4v) is 3.43. The summed E-state index contributed by atoms with van der Waals surface area (Å²) in [4.78, 5) is 21.9. The number of amides is 1. The van der Waals surface area contributed by atoms with Gasteiger partial charge in [-0.2, -0.15) is 9.49 Å². The quantitative estimate of drug-likeness (QED) is 0.298. The van der Waals surface area contributed by atoms with E-state index in [9.17, 15) is 18.0 Å². The van der Waals surface area contributed by atoms with Crippen LogP contribution in [0.3, 0.4) is 0 Å². The Balaban J connectivity index is 1.54. The van der Waals surface area contributed by atoms with Gasteiger partial charge in [-0.15, -0.1) is 0 Å². The fraction of sp³-hybridized carbons (Fsp3) is 0.120. The monoisotopic (exact) mass is 479 g/mol. The molecule has 4 aromatic rings. The summed E-state index contributed by atoms with van der Waals surface area (Å²) in [7, 11) is 1.35. The van der Waals surface area contributed by atoms with E-state index in [0.29, 0.717) is 17.2 Å². The van der Waals surface area contributed by atoms with E-state index < -0.39 is 23.5 Å². The highest BCUT2D eigenvalue weighted by Gasteiger charge is 2.23. The number of aromatic nitrogens is 3. The number of benzene rings is 2. The lowest BCUT2D eigenvalue weighted by Gasteiger charge is -2.13. The molecule has 0 fully saturated rings. The average molecular weight is 479 g/mol. The molecule has 1 amide bonds. The standard InChI is InChI=1S/C25H20F3N5O2/c1-15-22(24(28)33(2)32-15)25(34)31-23-20(11-19(26)12-21(23)27)18-5-3-16(4-6-18)13-30-35-14-17-7-9-29-10-8-17/h3-13H,14H2,1-2H3,(H,31,34). The molecule has 0 spiro atoms. The minimum Gasteiger partial charge on any atom is -0.391 e. The average Bonchev–Trinajstić information content (AvgIpc) is 3.10. The number of oxime groups is 1. The third-order valence-corrected chi connectivity index (χ3v) is 5.15. The highest BCUT2D eigenvalue weighted by molar-refractivity contribution is 6.07. The summed E-state index contributed by atoms with van der Waals surface area (Å²) >= 11 is 0. The van der Waals surface area contributed by atoms with Crippen LogP contribution < -0.4 is 5.32 Å². The van der Waals surface area contributed by atoms with Crippen LogP contribution in [0.1, 0.15) is 27.2 Å². The first-order valence-electron chi connectivity index (χ1n) is 10.5. The summed E-state index contributed by atoms with van der Waals surface area (Å²) in [6.07, 6.45) is 4.80. The van der Waals surface area contributed by atoms with Crippen LogP contribution >= 0.6 is 0 Å². The molecule has 0 aliphatic heterocycles. The first-order valence-corrected chi connectivity index (χ1v) is 10.5. The summed E-state index contributed by atoms with van der Waals surface area (Å²) in [5, 5.41) is 10.1. The molecule has 7 nitrogen and oxygen atoms in total. The highest BCUT2D eigenvalue weighted by atomic mass is 19.1. The Hall–Kier alpha value is -4.47. The Bertz CT molecular complexity index is 1390. The minimum atomic E-state index is -0.995. The zero-order chi connectivity index (χ0) is 24.9. The molecule has 2 aromatic heterocycles. The number of pyridine rings is 1. The SMILES string of the molecule is Cc1nn(C)c(F)c1C(=O)Nc1c(F)cc(F)cc1-c1ccc(C=NOCc2ccncc2)cc1. The molecule has 4 rings (SSSR count). The van der Waals surface area contributed by atoms with E-state index in [1.54, 1.807) is 36.7 Å². The van der Waals surface area contributed by atoms with Crippen molar-refractivity contribution in [2.45, 2.75) is 13.5 Å². The second-order valence-corrected chi connectivity index (χ2v) is 7.62. The molecule has 0 saturated heterocycles. The van der Waals surface area contributed by atoms with Gasteiger partial charge in [-0.1, -0.05) is 29.4 Å². The number of carbonyl (C=O) groups is 1. The fourth-order valence-electron chi connectivity index (χ4n) is 3.43. The third-order valence-electron chi connectivity index (χ3n) is 5.15. The summed E-state index contributed by atoms with van der Waals surface area (Å²) in [5.41, 5.74) is 1.66. The van der Waals surface area contributed by atoms with Crippen LogP contribution in [0.2, 0.25) is 0 Å². The Morgan fingerprint density at radius 1 is 1.11 bits per heavy atom. The largest absolute Gasteiger partial charge is 0.391 e. The molecule has 10 heteroatoms. The normalized spacial score (nSPS) is 11.1. The van der Waals surface area contributed by atoms with Crippen molar-refractivity contribution in [2.75, 3.05) is 5.32 Å². The zero-order valence-electron chi connectivity index (χ0n) is 18.8. The second kappa shape index (κ2) is 10.2. The van der Waals surface area contributed by atoms with E-state index in [4.69, 9.17) is 4.84 Å². The molecule has 0 atom stereocenters. The van der Waals surface area contributed by atoms with Gasteiger partial charge in [0.1, 0.15) is 23.8 Å². The first kappa shape index (κ1) is 23.7. The number of hydrogen-bond donors (Lipinski definition) is 1. The predicted octanol–water partition coefficient (Wildman–Crippen LogP) is 5.01. The van der Waals surface area contributed by atoms with Crippen molar-refractivity contribution >= 4 is 17.8 Å². The van der Waals surface area contributed by atoms with E-state index in [-0.39, 0.29) is 29.1 Å². The second-order valence-electron chi connectivity index (χ2n) is 7.62. The third kappa shape index (κ3) is 5.37. The van der Waals surface area contributed by atoms with Gasteiger partial charge in [-0.05, 0) is 41.8 Å². The maximum atomic E-state index is 14.7. The van der Waals surface area contributed by atoms with Gasteiger partial charge in [-0.3, -0.25) is 9.78 Å². The van der Waals surface area contributed by atoms with Gasteiger partial charge in [-0.25, -0.2) is 13.5 Å². The van der Waals surface area contributed by atoms with E-state index in [0.717, 1.165) is 16.3 Å². The van der Waals surface area contributed by atoms with Crippen LogP contribution in [0.25, 0.3) is 11.1 Å². The van der Waals surface area contributed by atoms with Crippen LogP contribution in [0.5, 0.6) is 0 Å². The smallest absolute Gasteiger partial charge is 0.262 e. The molecule has 0 radical (unpaired) electrons. The van der Waals surface area contributed by atoms with E-state index in [2.05, 4.69) is 20.6 Å². The number of halogens is 3. The number of nitrogens with one attached hydrogen (secondary N) is 1. The Kier molecular flexibility index (Phi) is 6.91. The highest BCUT2D eigenvalue weighted by Crippen LogP contribution is 2.32. The Morgan fingerprint density at radius 3 is 2.49 bits per heavy atom. The number of aryl methyl sites for hydroxylation is 2. The Labute approximate surface area is 198 Å². The van der Waals surface area contributed by atoms with E-state index in [1.807, 2.05) is 12.1 Å². The molecule has 178 valence electrons.